The van der Waals surface area contributed by atoms with E-state index in [0.717, 1.165) is 56.9 Å². The van der Waals surface area contributed by atoms with E-state index in [2.05, 4.69) is 26.1 Å². The summed E-state index contributed by atoms with van der Waals surface area (Å²) >= 11 is 0. The van der Waals surface area contributed by atoms with Gasteiger partial charge in [-0.15, -0.1) is 0 Å². The first-order valence-corrected chi connectivity index (χ1v) is 21.0. The van der Waals surface area contributed by atoms with Gasteiger partial charge in [-0.3, -0.25) is 9.59 Å². The summed E-state index contributed by atoms with van der Waals surface area (Å²) < 4.78 is 18.1. The molecule has 5 rings (SSSR count). The van der Waals surface area contributed by atoms with Gasteiger partial charge in [0.1, 0.15) is 6.61 Å². The van der Waals surface area contributed by atoms with Crippen molar-refractivity contribution < 1.29 is 34.2 Å². The van der Waals surface area contributed by atoms with Gasteiger partial charge in [0, 0.05) is 19.1 Å². The van der Waals surface area contributed by atoms with E-state index in [4.69, 9.17) is 4.74 Å². The van der Waals surface area contributed by atoms with E-state index in [0.29, 0.717) is 24.8 Å². The second-order valence-corrected chi connectivity index (χ2v) is 20.2. The number of carbonyl (C=O) groups excluding carboxylic acids is 2. The van der Waals surface area contributed by atoms with E-state index in [1.807, 2.05) is 30.3 Å². The Bertz CT molecular complexity index is 1290. The van der Waals surface area contributed by atoms with Gasteiger partial charge in [-0.25, -0.2) is 0 Å². The lowest BCUT2D eigenvalue weighted by molar-refractivity contribution is -0.207. The van der Waals surface area contributed by atoms with Crippen molar-refractivity contribution in [2.45, 2.75) is 110 Å². The summed E-state index contributed by atoms with van der Waals surface area (Å²) in [6.07, 6.45) is 6.41. The number of benzene rings is 1. The molecule has 5 unspecified atom stereocenters. The molecule has 264 valence electrons. The van der Waals surface area contributed by atoms with Crippen molar-refractivity contribution in [2.75, 3.05) is 26.0 Å². The topological polar surface area (TPSA) is 133 Å². The fourth-order valence-corrected chi connectivity index (χ4v) is 12.2. The number of amides is 1. The minimum Gasteiger partial charge on any atom is -0.461 e. The first-order valence-electron chi connectivity index (χ1n) is 18.2. The number of rotatable bonds is 12. The Balaban J connectivity index is 1.13. The van der Waals surface area contributed by atoms with Crippen LogP contribution < -0.4 is 5.32 Å². The molecule has 1 amide bonds. The van der Waals surface area contributed by atoms with Crippen molar-refractivity contribution >= 4 is 19.0 Å². The number of ether oxygens (including phenoxy) is 1. The van der Waals surface area contributed by atoms with E-state index < -0.39 is 25.1 Å². The zero-order chi connectivity index (χ0) is 34.1. The molecule has 0 radical (unpaired) electrons. The average molecular weight is 674 g/mol. The highest BCUT2D eigenvalue weighted by Crippen LogP contribution is 2.68. The Labute approximate surface area is 282 Å². The summed E-state index contributed by atoms with van der Waals surface area (Å²) in [4.78, 5) is 25.8. The number of hydrogen-bond donors (Lipinski definition) is 4. The van der Waals surface area contributed by atoms with Crippen LogP contribution in [0.3, 0.4) is 0 Å². The SMILES string of the molecule is C[C@H](CCNC(=O)CCC(CP(C)(C)=O)C(=O)OCc1ccccc1)C1CCC2C3C(C[C@H](O)[C@@]21C)[C@@]1(C)CC[C@@H](O)C[C@H]1C[C@@H]3O. The first kappa shape index (κ1) is 36.5. The van der Waals surface area contributed by atoms with Crippen molar-refractivity contribution in [3.8, 4) is 0 Å². The van der Waals surface area contributed by atoms with Crippen LogP contribution in [-0.4, -0.2) is 71.5 Å². The maximum Gasteiger partial charge on any atom is 0.309 e. The minimum absolute atomic E-state index is 0.0578. The predicted octanol–water partition coefficient (Wildman–Crippen LogP) is 5.85. The Hall–Kier alpha value is -1.73. The highest BCUT2D eigenvalue weighted by Gasteiger charge is 2.65. The molecule has 4 saturated carbocycles. The monoisotopic (exact) mass is 673 g/mol. The molecule has 4 aliphatic carbocycles. The van der Waals surface area contributed by atoms with Crippen molar-refractivity contribution in [3.05, 3.63) is 35.9 Å². The summed E-state index contributed by atoms with van der Waals surface area (Å²) in [7, 11) is -2.51. The predicted molar refractivity (Wildman–Crippen MR) is 184 cm³/mol. The molecule has 1 aromatic carbocycles. The molecule has 0 saturated heterocycles. The van der Waals surface area contributed by atoms with Gasteiger partial charge < -0.3 is 29.9 Å². The van der Waals surface area contributed by atoms with Gasteiger partial charge in [-0.05, 0) is 123 Å². The molecule has 0 spiro atoms. The summed E-state index contributed by atoms with van der Waals surface area (Å²) in [6, 6.07) is 9.44. The Morgan fingerprint density at radius 1 is 1.00 bits per heavy atom. The van der Waals surface area contributed by atoms with Crippen LogP contribution in [0.5, 0.6) is 0 Å². The minimum atomic E-state index is -2.51. The van der Waals surface area contributed by atoms with Crippen molar-refractivity contribution in [3.63, 3.8) is 0 Å². The Morgan fingerprint density at radius 2 is 1.72 bits per heavy atom. The van der Waals surface area contributed by atoms with Gasteiger partial charge in [0.25, 0.3) is 0 Å². The molecule has 4 N–H and O–H groups in total. The van der Waals surface area contributed by atoms with E-state index in [1.54, 1.807) is 13.3 Å². The third kappa shape index (κ3) is 7.87. The van der Waals surface area contributed by atoms with Crippen LogP contribution in [0.1, 0.15) is 90.5 Å². The van der Waals surface area contributed by atoms with E-state index in [1.165, 1.54) is 0 Å². The van der Waals surface area contributed by atoms with Gasteiger partial charge in [0.05, 0.1) is 31.4 Å². The first-order chi connectivity index (χ1) is 22.1. The molecule has 9 heteroatoms. The molecule has 47 heavy (non-hydrogen) atoms. The molecule has 0 heterocycles. The summed E-state index contributed by atoms with van der Waals surface area (Å²) in [6.45, 7) is 10.9. The lowest BCUT2D eigenvalue weighted by Crippen LogP contribution is -2.62. The summed E-state index contributed by atoms with van der Waals surface area (Å²) in [5.74, 6) is 0.502. The number of fused-ring (bicyclic) bond motifs is 5. The smallest absolute Gasteiger partial charge is 0.309 e. The van der Waals surface area contributed by atoms with Gasteiger partial charge >= 0.3 is 5.97 Å². The molecule has 12 atom stereocenters. The quantitative estimate of drug-likeness (QED) is 0.162. The number of aliphatic hydroxyl groups excluding tert-OH is 3. The lowest BCUT2D eigenvalue weighted by Gasteiger charge is -2.63. The zero-order valence-corrected chi connectivity index (χ0v) is 30.2. The number of carbonyl (C=O) groups is 2. The fourth-order valence-electron chi connectivity index (χ4n) is 10.8. The highest BCUT2D eigenvalue weighted by molar-refractivity contribution is 7.62. The molecule has 1 aromatic rings. The average Bonchev–Trinajstić information content (AvgIpc) is 3.37. The van der Waals surface area contributed by atoms with Crippen molar-refractivity contribution in [1.82, 2.24) is 5.32 Å². The maximum absolute atomic E-state index is 12.9. The zero-order valence-electron chi connectivity index (χ0n) is 29.3. The van der Waals surface area contributed by atoms with Gasteiger partial charge in [-0.2, -0.15) is 0 Å². The second-order valence-electron chi connectivity index (χ2n) is 16.7. The summed E-state index contributed by atoms with van der Waals surface area (Å²) in [5, 5.41) is 36.8. The molecule has 8 nitrogen and oxygen atoms in total. The molecule has 4 aliphatic rings. The van der Waals surface area contributed by atoms with Crippen LogP contribution in [0.4, 0.5) is 0 Å². The van der Waals surface area contributed by atoms with Crippen LogP contribution in [0.15, 0.2) is 30.3 Å². The molecule has 0 aromatic heterocycles. The molecular weight excluding hydrogens is 613 g/mol. The van der Waals surface area contributed by atoms with Crippen LogP contribution >= 0.6 is 7.14 Å². The standard InChI is InChI=1S/C38H60NO7P/c1-24(16-18-39-34(43)14-11-26(23-47(4,5)45)36(44)46-22-25-9-7-6-8-10-25)29-12-13-30-35-31(21-33(42)38(29,30)3)37(2)17-15-28(40)19-27(37)20-32(35)41/h6-10,24,26-33,35,40-42H,11-23H2,1-5H3,(H,39,43)/t24-,26?,27+,28-,29?,30?,31?,32+,33+,35?,37+,38-/m1/s1. The number of aliphatic hydroxyl groups is 3. The molecule has 0 bridgehead atoms. The normalized spacial score (nSPS) is 38.0. The van der Waals surface area contributed by atoms with Crippen LogP contribution in [0.2, 0.25) is 0 Å². The van der Waals surface area contributed by atoms with E-state index >= 15 is 0 Å². The van der Waals surface area contributed by atoms with Gasteiger partial charge in [0.15, 0.2) is 0 Å². The maximum atomic E-state index is 12.9. The van der Waals surface area contributed by atoms with Crippen molar-refractivity contribution in [2.24, 2.45) is 52.3 Å². The third-order valence-electron chi connectivity index (χ3n) is 13.4. The largest absolute Gasteiger partial charge is 0.461 e. The Kier molecular flexibility index (Phi) is 11.4. The van der Waals surface area contributed by atoms with E-state index in [-0.39, 0.29) is 71.8 Å². The van der Waals surface area contributed by atoms with Crippen molar-refractivity contribution in [1.29, 1.82) is 0 Å². The third-order valence-corrected chi connectivity index (χ3v) is 14.7. The second kappa shape index (κ2) is 14.6. The van der Waals surface area contributed by atoms with Crippen LogP contribution in [0.25, 0.3) is 0 Å². The molecular formula is C38H60NO7P. The van der Waals surface area contributed by atoms with E-state index in [9.17, 15) is 29.5 Å². The van der Waals surface area contributed by atoms with Gasteiger partial charge in [0.2, 0.25) is 5.91 Å². The molecule has 4 fully saturated rings. The van der Waals surface area contributed by atoms with Crippen LogP contribution in [-0.2, 0) is 25.5 Å². The number of nitrogens with one attached hydrogen (secondary N) is 1. The number of hydrogen-bond acceptors (Lipinski definition) is 7. The van der Waals surface area contributed by atoms with Gasteiger partial charge in [-0.1, -0.05) is 51.1 Å². The Morgan fingerprint density at radius 3 is 2.43 bits per heavy atom. The number of esters is 1. The lowest BCUT2D eigenvalue weighted by atomic mass is 9.43. The highest BCUT2D eigenvalue weighted by atomic mass is 31.2. The molecule has 0 aliphatic heterocycles. The summed E-state index contributed by atoms with van der Waals surface area (Å²) in [5.41, 5.74) is 0.667. The fraction of sp³-hybridized carbons (Fsp3) is 0.789. The van der Waals surface area contributed by atoms with Crippen LogP contribution in [0, 0.1) is 52.3 Å².